The minimum absolute atomic E-state index is 0.0897. The van der Waals surface area contributed by atoms with Gasteiger partial charge in [0.25, 0.3) is 11.8 Å². The van der Waals surface area contributed by atoms with Crippen molar-refractivity contribution in [2.24, 2.45) is 5.92 Å². The molecule has 1 saturated carbocycles. The molecule has 5 amide bonds. The summed E-state index contributed by atoms with van der Waals surface area (Å²) in [5.41, 5.74) is 3.86. The first-order valence-electron chi connectivity index (χ1n) is 17.0. The van der Waals surface area contributed by atoms with Crippen LogP contribution >= 0.6 is 0 Å². The lowest BCUT2D eigenvalue weighted by Gasteiger charge is -2.34. The van der Waals surface area contributed by atoms with Gasteiger partial charge in [-0.1, -0.05) is 42.5 Å². The molecule has 0 bridgehead atoms. The zero-order chi connectivity index (χ0) is 32.5. The zero-order valence-electron chi connectivity index (χ0n) is 26.6. The quantitative estimate of drug-likeness (QED) is 0.362. The summed E-state index contributed by atoms with van der Waals surface area (Å²) >= 11 is 0. The molecule has 4 aliphatic rings. The standard InChI is InChI=1S/C37H41N5O5/c43-32-16-15-31(35(45)39-32)42-36(46)30-8-4-7-28(34(30)37(42)47)14-11-25-22-38-41(23-25)29-17-19-40(20-18-29)33(44)21-24-9-12-27(13-10-24)26-5-2-1-3-6-26/h1-8,22-24,27,29,31H,9-21H2,(H,39,43,45). The Morgan fingerprint density at radius 1 is 0.830 bits per heavy atom. The molecule has 3 aromatic rings. The van der Waals surface area contributed by atoms with Gasteiger partial charge in [0, 0.05) is 32.1 Å². The highest BCUT2D eigenvalue weighted by Crippen LogP contribution is 2.37. The summed E-state index contributed by atoms with van der Waals surface area (Å²) in [4.78, 5) is 66.9. The molecule has 10 nitrogen and oxygen atoms in total. The summed E-state index contributed by atoms with van der Waals surface area (Å²) in [7, 11) is 0. The summed E-state index contributed by atoms with van der Waals surface area (Å²) in [6.07, 6.45) is 12.3. The topological polar surface area (TPSA) is 122 Å². The maximum absolute atomic E-state index is 13.4. The SMILES string of the molecule is O=C1CCC(N2C(=O)c3cccc(CCc4cnn(C5CCN(C(=O)CC6CCC(c7ccccc7)CC6)CC5)c4)c3C2=O)C(=O)N1. The second-order valence-corrected chi connectivity index (χ2v) is 13.6. The number of rotatable bonds is 8. The molecule has 0 spiro atoms. The number of amides is 5. The van der Waals surface area contributed by atoms with E-state index in [0.29, 0.717) is 42.2 Å². The van der Waals surface area contributed by atoms with Crippen molar-refractivity contribution in [2.75, 3.05) is 13.1 Å². The van der Waals surface area contributed by atoms with Crippen molar-refractivity contribution in [3.05, 3.63) is 88.7 Å². The molecule has 1 atom stereocenters. The second-order valence-electron chi connectivity index (χ2n) is 13.6. The van der Waals surface area contributed by atoms with Crippen molar-refractivity contribution in [2.45, 2.75) is 88.6 Å². The molecule has 0 radical (unpaired) electrons. The number of aromatic nitrogens is 2. The summed E-state index contributed by atoms with van der Waals surface area (Å²) in [5.74, 6) is -0.591. The van der Waals surface area contributed by atoms with E-state index in [0.717, 1.165) is 67.6 Å². The van der Waals surface area contributed by atoms with E-state index >= 15 is 0 Å². The average molecular weight is 636 g/mol. The van der Waals surface area contributed by atoms with E-state index in [-0.39, 0.29) is 24.8 Å². The lowest BCUT2D eigenvalue weighted by Crippen LogP contribution is -2.54. The molecule has 1 aliphatic carbocycles. The molecule has 1 N–H and O–H groups in total. The molecule has 2 aromatic carbocycles. The van der Waals surface area contributed by atoms with Crippen molar-refractivity contribution in [3.8, 4) is 0 Å². The lowest BCUT2D eigenvalue weighted by molar-refractivity contribution is -0.136. The van der Waals surface area contributed by atoms with E-state index in [9.17, 15) is 24.0 Å². The van der Waals surface area contributed by atoms with Crippen LogP contribution in [0.2, 0.25) is 0 Å². The normalized spacial score (nSPS) is 23.6. The number of carbonyl (C=O) groups is 5. The first-order valence-corrected chi connectivity index (χ1v) is 17.0. The molecule has 244 valence electrons. The Morgan fingerprint density at radius 3 is 2.34 bits per heavy atom. The van der Waals surface area contributed by atoms with Crippen LogP contribution in [0.3, 0.4) is 0 Å². The van der Waals surface area contributed by atoms with Crippen LogP contribution in [-0.4, -0.2) is 68.2 Å². The first kappa shape index (κ1) is 31.0. The van der Waals surface area contributed by atoms with E-state index in [1.807, 2.05) is 21.8 Å². The molecule has 47 heavy (non-hydrogen) atoms. The third-order valence-corrected chi connectivity index (χ3v) is 10.7. The second kappa shape index (κ2) is 13.3. The Labute approximate surface area is 274 Å². The summed E-state index contributed by atoms with van der Waals surface area (Å²) in [6, 6.07) is 15.2. The van der Waals surface area contributed by atoms with Crippen molar-refractivity contribution in [1.29, 1.82) is 0 Å². The van der Waals surface area contributed by atoms with Gasteiger partial charge < -0.3 is 4.90 Å². The number of benzene rings is 2. The van der Waals surface area contributed by atoms with Crippen molar-refractivity contribution >= 4 is 29.5 Å². The summed E-state index contributed by atoms with van der Waals surface area (Å²) in [5, 5.41) is 6.89. The number of nitrogens with one attached hydrogen (secondary N) is 1. The minimum atomic E-state index is -0.979. The Hall–Kier alpha value is -4.60. The van der Waals surface area contributed by atoms with E-state index < -0.39 is 29.7 Å². The number of imide groups is 2. The maximum Gasteiger partial charge on any atom is 0.262 e. The number of fused-ring (bicyclic) bond motifs is 1. The fourth-order valence-electron chi connectivity index (χ4n) is 7.96. The van der Waals surface area contributed by atoms with E-state index in [2.05, 4.69) is 46.9 Å². The van der Waals surface area contributed by atoms with Gasteiger partial charge in [-0.3, -0.25) is 38.9 Å². The Bertz CT molecular complexity index is 1680. The highest BCUT2D eigenvalue weighted by molar-refractivity contribution is 6.24. The predicted molar refractivity (Wildman–Crippen MR) is 173 cm³/mol. The third kappa shape index (κ3) is 6.38. The average Bonchev–Trinajstić information content (AvgIpc) is 3.67. The Kier molecular flexibility index (Phi) is 8.75. The molecule has 1 unspecified atom stereocenters. The number of piperidine rings is 2. The molecule has 4 heterocycles. The van der Waals surface area contributed by atoms with Crippen LogP contribution in [0.5, 0.6) is 0 Å². The number of hydrogen-bond acceptors (Lipinski definition) is 6. The van der Waals surface area contributed by atoms with Gasteiger partial charge >= 0.3 is 0 Å². The number of likely N-dealkylation sites (tertiary alicyclic amines) is 1. The van der Waals surface area contributed by atoms with Crippen LogP contribution in [0.1, 0.15) is 107 Å². The van der Waals surface area contributed by atoms with Crippen LogP contribution in [-0.2, 0) is 27.2 Å². The maximum atomic E-state index is 13.4. The van der Waals surface area contributed by atoms with Crippen LogP contribution < -0.4 is 5.32 Å². The molecular weight excluding hydrogens is 594 g/mol. The molecular formula is C37H41N5O5. The fourth-order valence-corrected chi connectivity index (χ4v) is 7.96. The molecule has 10 heteroatoms. The highest BCUT2D eigenvalue weighted by atomic mass is 16.2. The van der Waals surface area contributed by atoms with Gasteiger partial charge in [0.05, 0.1) is 23.4 Å². The van der Waals surface area contributed by atoms with E-state index in [4.69, 9.17) is 0 Å². The highest BCUT2D eigenvalue weighted by Gasteiger charge is 2.45. The minimum Gasteiger partial charge on any atom is -0.343 e. The number of carbonyl (C=O) groups excluding carboxylic acids is 5. The van der Waals surface area contributed by atoms with Crippen molar-refractivity contribution in [1.82, 2.24) is 24.9 Å². The largest absolute Gasteiger partial charge is 0.343 e. The Morgan fingerprint density at radius 2 is 1.60 bits per heavy atom. The third-order valence-electron chi connectivity index (χ3n) is 10.7. The zero-order valence-corrected chi connectivity index (χ0v) is 26.6. The Balaban J connectivity index is 0.899. The predicted octanol–water partition coefficient (Wildman–Crippen LogP) is 4.60. The van der Waals surface area contributed by atoms with Gasteiger partial charge in [0.15, 0.2) is 0 Å². The van der Waals surface area contributed by atoms with Crippen molar-refractivity contribution in [3.63, 3.8) is 0 Å². The van der Waals surface area contributed by atoms with Gasteiger partial charge in [0.1, 0.15) is 6.04 Å². The van der Waals surface area contributed by atoms with E-state index in [1.54, 1.807) is 12.1 Å². The van der Waals surface area contributed by atoms with Gasteiger partial charge in [-0.15, -0.1) is 0 Å². The summed E-state index contributed by atoms with van der Waals surface area (Å²) < 4.78 is 2.01. The van der Waals surface area contributed by atoms with Gasteiger partial charge in [-0.2, -0.15) is 5.10 Å². The van der Waals surface area contributed by atoms with Crippen LogP contribution in [0, 0.1) is 5.92 Å². The number of nitrogens with zero attached hydrogens (tertiary/aromatic N) is 4. The first-order chi connectivity index (χ1) is 22.9. The van der Waals surface area contributed by atoms with E-state index in [1.165, 1.54) is 5.56 Å². The smallest absolute Gasteiger partial charge is 0.262 e. The molecule has 7 rings (SSSR count). The van der Waals surface area contributed by atoms with Gasteiger partial charge in [-0.25, -0.2) is 0 Å². The van der Waals surface area contributed by atoms with Gasteiger partial charge in [-0.05, 0) is 92.4 Å². The molecule has 1 aromatic heterocycles. The number of hydrogen-bond donors (Lipinski definition) is 1. The summed E-state index contributed by atoms with van der Waals surface area (Å²) in [6.45, 7) is 1.49. The van der Waals surface area contributed by atoms with Gasteiger partial charge in [0.2, 0.25) is 17.7 Å². The van der Waals surface area contributed by atoms with Crippen LogP contribution in [0.4, 0.5) is 0 Å². The molecule has 3 aliphatic heterocycles. The molecule has 2 saturated heterocycles. The van der Waals surface area contributed by atoms with Crippen molar-refractivity contribution < 1.29 is 24.0 Å². The number of aryl methyl sites for hydroxylation is 2. The van der Waals surface area contributed by atoms with Crippen LogP contribution in [0.25, 0.3) is 0 Å². The van der Waals surface area contributed by atoms with Crippen LogP contribution in [0.15, 0.2) is 60.9 Å². The molecule has 3 fully saturated rings. The lowest BCUT2D eigenvalue weighted by atomic mass is 9.77. The fraction of sp³-hybridized carbons (Fsp3) is 0.459. The monoisotopic (exact) mass is 635 g/mol.